The van der Waals surface area contributed by atoms with Gasteiger partial charge in [-0.3, -0.25) is 4.79 Å². The highest BCUT2D eigenvalue weighted by Crippen LogP contribution is 2.33. The Morgan fingerprint density at radius 2 is 1.81 bits per heavy atom. The molecule has 31 heavy (non-hydrogen) atoms. The van der Waals surface area contributed by atoms with Crippen LogP contribution in [-0.4, -0.2) is 65.6 Å². The van der Waals surface area contributed by atoms with Crippen molar-refractivity contribution in [2.75, 3.05) is 39.5 Å². The lowest BCUT2D eigenvalue weighted by molar-refractivity contribution is -0.0684. The minimum atomic E-state index is -0.217. The number of nitrogens with two attached hydrogens (primary N) is 1. The van der Waals surface area contributed by atoms with E-state index in [0.29, 0.717) is 31.0 Å². The van der Waals surface area contributed by atoms with Gasteiger partial charge in [-0.05, 0) is 19.7 Å². The van der Waals surface area contributed by atoms with E-state index in [2.05, 4.69) is 14.9 Å². The first-order chi connectivity index (χ1) is 15.0. The zero-order valence-corrected chi connectivity index (χ0v) is 17.8. The molecule has 1 fully saturated rings. The number of carbonyl (C=O) groups excluding carboxylic acids is 1. The van der Waals surface area contributed by atoms with Gasteiger partial charge in [0.1, 0.15) is 0 Å². The molecular formula is C24H27N5O2. The summed E-state index contributed by atoms with van der Waals surface area (Å²) in [4.78, 5) is 26.3. The van der Waals surface area contributed by atoms with Gasteiger partial charge in [-0.1, -0.05) is 60.7 Å². The molecule has 0 unspecified atom stereocenters. The van der Waals surface area contributed by atoms with Gasteiger partial charge >= 0.3 is 0 Å². The Balaban J connectivity index is 1.76. The van der Waals surface area contributed by atoms with Gasteiger partial charge in [0.15, 0.2) is 0 Å². The molecule has 7 nitrogen and oxygen atoms in total. The first-order valence-electron chi connectivity index (χ1n) is 10.3. The number of morpholine rings is 1. The summed E-state index contributed by atoms with van der Waals surface area (Å²) in [6.45, 7) is 1.66. The van der Waals surface area contributed by atoms with E-state index in [0.717, 1.165) is 11.1 Å². The smallest absolute Gasteiger partial charge is 0.258 e. The zero-order valence-electron chi connectivity index (χ0n) is 17.8. The second-order valence-corrected chi connectivity index (χ2v) is 7.88. The fourth-order valence-electron chi connectivity index (χ4n) is 4.04. The van der Waals surface area contributed by atoms with Crippen LogP contribution in [0.15, 0.2) is 66.9 Å². The first-order valence-corrected chi connectivity index (χ1v) is 10.3. The van der Waals surface area contributed by atoms with Crippen LogP contribution in [0.5, 0.6) is 0 Å². The standard InChI is InChI=1S/C24H27N5O2/c1-28(2)16-20-22(18-11-7-4-8-12-18)29(13-14-31-20)23(30)19-15-26-24(25)27-21(19)17-9-5-3-6-10-17/h3-12,15,20,22H,13-14,16H2,1-2H3,(H2,25,26,27)/t20-,22-/m0/s1. The molecule has 160 valence electrons. The summed E-state index contributed by atoms with van der Waals surface area (Å²) in [5.74, 6) is 0.0160. The van der Waals surface area contributed by atoms with Gasteiger partial charge in [0.25, 0.3) is 5.91 Å². The van der Waals surface area contributed by atoms with Crippen LogP contribution in [0.4, 0.5) is 5.95 Å². The minimum absolute atomic E-state index is 0.125. The molecule has 7 heteroatoms. The average molecular weight is 418 g/mol. The third-order valence-electron chi connectivity index (χ3n) is 5.38. The van der Waals surface area contributed by atoms with Crippen molar-refractivity contribution in [3.05, 3.63) is 78.0 Å². The summed E-state index contributed by atoms with van der Waals surface area (Å²) in [6, 6.07) is 19.4. The molecule has 1 saturated heterocycles. The van der Waals surface area contributed by atoms with Crippen molar-refractivity contribution in [3.63, 3.8) is 0 Å². The Morgan fingerprint density at radius 3 is 2.48 bits per heavy atom. The van der Waals surface area contributed by atoms with E-state index in [9.17, 15) is 4.79 Å². The lowest BCUT2D eigenvalue weighted by Gasteiger charge is -2.42. The Kier molecular flexibility index (Phi) is 6.25. The van der Waals surface area contributed by atoms with E-state index >= 15 is 0 Å². The van der Waals surface area contributed by atoms with Crippen molar-refractivity contribution in [1.82, 2.24) is 19.8 Å². The quantitative estimate of drug-likeness (QED) is 0.687. The molecule has 1 aliphatic rings. The maximum atomic E-state index is 13.9. The fraction of sp³-hybridized carbons (Fsp3) is 0.292. The van der Waals surface area contributed by atoms with Crippen LogP contribution in [0.1, 0.15) is 22.0 Å². The van der Waals surface area contributed by atoms with Gasteiger partial charge in [0.2, 0.25) is 5.95 Å². The number of amides is 1. The van der Waals surface area contributed by atoms with Crippen molar-refractivity contribution < 1.29 is 9.53 Å². The number of nitrogen functional groups attached to an aromatic ring is 1. The highest BCUT2D eigenvalue weighted by molar-refractivity contribution is 6.00. The summed E-state index contributed by atoms with van der Waals surface area (Å²) in [5, 5.41) is 0. The number of nitrogens with zero attached hydrogens (tertiary/aromatic N) is 4. The van der Waals surface area contributed by atoms with Gasteiger partial charge in [-0.15, -0.1) is 0 Å². The second-order valence-electron chi connectivity index (χ2n) is 7.88. The Morgan fingerprint density at radius 1 is 1.13 bits per heavy atom. The van der Waals surface area contributed by atoms with Crippen molar-refractivity contribution in [1.29, 1.82) is 0 Å². The van der Waals surface area contributed by atoms with Gasteiger partial charge in [0.05, 0.1) is 30.0 Å². The Hall–Kier alpha value is -3.29. The topological polar surface area (TPSA) is 84.6 Å². The molecule has 1 aliphatic heterocycles. The van der Waals surface area contributed by atoms with Crippen molar-refractivity contribution >= 4 is 11.9 Å². The molecule has 0 saturated carbocycles. The summed E-state index contributed by atoms with van der Waals surface area (Å²) < 4.78 is 6.12. The highest BCUT2D eigenvalue weighted by Gasteiger charge is 2.38. The van der Waals surface area contributed by atoms with Crippen molar-refractivity contribution in [2.24, 2.45) is 0 Å². The number of rotatable bonds is 5. The first kappa shape index (κ1) is 21.0. The zero-order chi connectivity index (χ0) is 21.8. The van der Waals surface area contributed by atoms with Crippen LogP contribution in [0.25, 0.3) is 11.3 Å². The molecule has 2 atom stereocenters. The lowest BCUT2D eigenvalue weighted by Crippen LogP contribution is -2.51. The summed E-state index contributed by atoms with van der Waals surface area (Å²) in [6.07, 6.45) is 1.39. The van der Waals surface area contributed by atoms with E-state index in [-0.39, 0.29) is 24.0 Å². The molecule has 0 aliphatic carbocycles. The Labute approximate surface area is 182 Å². The predicted molar refractivity (Wildman–Crippen MR) is 120 cm³/mol. The van der Waals surface area contributed by atoms with E-state index in [1.807, 2.05) is 79.7 Å². The molecule has 2 N–H and O–H groups in total. The van der Waals surface area contributed by atoms with E-state index in [1.54, 1.807) is 0 Å². The SMILES string of the molecule is CN(C)C[C@@H]1OCCN(C(=O)c2cnc(N)nc2-c2ccccc2)[C@H]1c1ccccc1. The van der Waals surface area contributed by atoms with Crippen LogP contribution in [0.3, 0.4) is 0 Å². The molecule has 4 rings (SSSR count). The number of benzene rings is 2. The third-order valence-corrected chi connectivity index (χ3v) is 5.38. The van der Waals surface area contributed by atoms with Crippen LogP contribution in [-0.2, 0) is 4.74 Å². The Bertz CT molecular complexity index is 1030. The van der Waals surface area contributed by atoms with Crippen molar-refractivity contribution in [3.8, 4) is 11.3 Å². The third kappa shape index (κ3) is 4.57. The lowest BCUT2D eigenvalue weighted by atomic mass is 9.96. The fourth-order valence-corrected chi connectivity index (χ4v) is 4.04. The number of hydrogen-bond acceptors (Lipinski definition) is 6. The molecule has 3 aromatic rings. The number of anilines is 1. The predicted octanol–water partition coefficient (Wildman–Crippen LogP) is 2.87. The molecule has 2 aromatic carbocycles. The van der Waals surface area contributed by atoms with E-state index in [1.165, 1.54) is 6.20 Å². The van der Waals surface area contributed by atoms with Crippen LogP contribution in [0, 0.1) is 0 Å². The second kappa shape index (κ2) is 9.24. The minimum Gasteiger partial charge on any atom is -0.373 e. The van der Waals surface area contributed by atoms with Gasteiger partial charge < -0.3 is 20.3 Å². The largest absolute Gasteiger partial charge is 0.373 e. The maximum absolute atomic E-state index is 13.9. The molecule has 1 amide bonds. The molecule has 0 bridgehead atoms. The summed E-state index contributed by atoms with van der Waals surface area (Å²) in [7, 11) is 4.01. The number of aromatic nitrogens is 2. The number of likely N-dealkylation sites (N-methyl/N-ethyl adjacent to an activating group) is 1. The van der Waals surface area contributed by atoms with Gasteiger partial charge in [0, 0.05) is 24.8 Å². The monoisotopic (exact) mass is 417 g/mol. The number of hydrogen-bond donors (Lipinski definition) is 1. The molecule has 1 aromatic heterocycles. The molecule has 0 radical (unpaired) electrons. The van der Waals surface area contributed by atoms with Crippen molar-refractivity contribution in [2.45, 2.75) is 12.1 Å². The summed E-state index contributed by atoms with van der Waals surface area (Å²) in [5.41, 5.74) is 8.71. The normalized spacial score (nSPS) is 18.9. The average Bonchev–Trinajstić information content (AvgIpc) is 2.79. The molecule has 0 spiro atoms. The van der Waals surface area contributed by atoms with E-state index < -0.39 is 0 Å². The highest BCUT2D eigenvalue weighted by atomic mass is 16.5. The summed E-state index contributed by atoms with van der Waals surface area (Å²) >= 11 is 0. The van der Waals surface area contributed by atoms with Crippen LogP contribution >= 0.6 is 0 Å². The van der Waals surface area contributed by atoms with Gasteiger partial charge in [-0.2, -0.15) is 0 Å². The van der Waals surface area contributed by atoms with Crippen LogP contribution < -0.4 is 5.73 Å². The van der Waals surface area contributed by atoms with Gasteiger partial charge in [-0.25, -0.2) is 9.97 Å². The van der Waals surface area contributed by atoms with E-state index in [4.69, 9.17) is 10.5 Å². The van der Waals surface area contributed by atoms with Crippen LogP contribution in [0.2, 0.25) is 0 Å². The number of ether oxygens (including phenoxy) is 1. The molecule has 2 heterocycles. The number of carbonyl (C=O) groups is 1. The maximum Gasteiger partial charge on any atom is 0.258 e. The molecular weight excluding hydrogens is 390 g/mol.